The average Bonchev–Trinajstić information content (AvgIpc) is 3.32. The van der Waals surface area contributed by atoms with Gasteiger partial charge in [0, 0.05) is 31.1 Å². The van der Waals surface area contributed by atoms with Gasteiger partial charge in [-0.2, -0.15) is 5.10 Å². The smallest absolute Gasteiger partial charge is 0.317 e. The van der Waals surface area contributed by atoms with Crippen molar-refractivity contribution in [3.8, 4) is 23.0 Å². The fraction of sp³-hybridized carbons (Fsp3) is 0.423. The summed E-state index contributed by atoms with van der Waals surface area (Å²) in [5, 5.41) is 8.92. The molecule has 0 saturated heterocycles. The molecular weight excluding hydrogens is 464 g/mol. The van der Waals surface area contributed by atoms with Crippen molar-refractivity contribution < 1.29 is 28.5 Å². The van der Waals surface area contributed by atoms with Gasteiger partial charge in [-0.05, 0) is 43.7 Å². The first-order valence-corrected chi connectivity index (χ1v) is 11.6. The minimum atomic E-state index is -0.416. The number of likely N-dealkylation sites (N-methyl/N-ethyl adjacent to an activating group) is 1. The van der Waals surface area contributed by atoms with Crippen LogP contribution in [0.4, 0.5) is 4.79 Å². The third-order valence-corrected chi connectivity index (χ3v) is 5.81. The van der Waals surface area contributed by atoms with E-state index in [4.69, 9.17) is 24.0 Å². The molecular formula is C26H34N4O6. The molecule has 3 rings (SSSR count). The molecule has 10 heteroatoms. The van der Waals surface area contributed by atoms with Gasteiger partial charge in [0.2, 0.25) is 0 Å². The molecule has 1 N–H and O–H groups in total. The second-order valence-electron chi connectivity index (χ2n) is 8.65. The summed E-state index contributed by atoms with van der Waals surface area (Å²) >= 11 is 0. The van der Waals surface area contributed by atoms with Crippen LogP contribution in [0.15, 0.2) is 41.5 Å². The highest BCUT2D eigenvalue weighted by Gasteiger charge is 2.35. The summed E-state index contributed by atoms with van der Waals surface area (Å²) in [5.41, 5.74) is 2.25. The van der Waals surface area contributed by atoms with Crippen molar-refractivity contribution in [2.24, 2.45) is 5.10 Å². The first-order valence-electron chi connectivity index (χ1n) is 11.6. The lowest BCUT2D eigenvalue weighted by atomic mass is 9.97. The molecule has 36 heavy (non-hydrogen) atoms. The molecule has 0 radical (unpaired) electrons. The molecule has 1 heterocycles. The Kier molecular flexibility index (Phi) is 8.63. The van der Waals surface area contributed by atoms with Gasteiger partial charge in [-0.15, -0.1) is 0 Å². The lowest BCUT2D eigenvalue weighted by Crippen LogP contribution is -2.45. The Morgan fingerprint density at radius 2 is 1.69 bits per heavy atom. The third-order valence-electron chi connectivity index (χ3n) is 5.81. The van der Waals surface area contributed by atoms with Gasteiger partial charge in [0.05, 0.1) is 40.2 Å². The number of amides is 3. The van der Waals surface area contributed by atoms with Crippen LogP contribution in [0.2, 0.25) is 0 Å². The molecule has 0 fully saturated rings. The molecule has 194 valence electrons. The van der Waals surface area contributed by atoms with Gasteiger partial charge in [0.25, 0.3) is 5.91 Å². The molecule has 2 aromatic rings. The SMILES string of the molecule is COc1ccc(C2=NN(C(=O)CN(C)C(=O)NC(C)C)[C@H](c3ccc(OC)c(OC)c3)C2)c(OC)c1. The molecule has 0 aliphatic carbocycles. The van der Waals surface area contributed by atoms with Gasteiger partial charge in [-0.1, -0.05) is 6.07 Å². The number of methoxy groups -OCH3 is 4. The van der Waals surface area contributed by atoms with Crippen LogP contribution in [0.3, 0.4) is 0 Å². The topological polar surface area (TPSA) is 102 Å². The highest BCUT2D eigenvalue weighted by atomic mass is 16.5. The van der Waals surface area contributed by atoms with Crippen LogP contribution in [0.1, 0.15) is 37.4 Å². The van der Waals surface area contributed by atoms with Gasteiger partial charge >= 0.3 is 6.03 Å². The molecule has 0 aromatic heterocycles. The van der Waals surface area contributed by atoms with Gasteiger partial charge in [0.15, 0.2) is 11.5 Å². The summed E-state index contributed by atoms with van der Waals surface area (Å²) in [6.45, 7) is 3.58. The molecule has 3 amide bonds. The Labute approximate surface area is 211 Å². The van der Waals surface area contributed by atoms with Gasteiger partial charge in [0.1, 0.15) is 18.0 Å². The summed E-state index contributed by atoms with van der Waals surface area (Å²) in [4.78, 5) is 27.2. The quantitative estimate of drug-likeness (QED) is 0.568. The lowest BCUT2D eigenvalue weighted by molar-refractivity contribution is -0.133. The van der Waals surface area contributed by atoms with E-state index in [1.807, 2.05) is 38.1 Å². The highest BCUT2D eigenvalue weighted by Crippen LogP contribution is 2.39. The number of carbonyl (C=O) groups excluding carboxylic acids is 2. The number of hydrogen-bond donors (Lipinski definition) is 1. The lowest BCUT2D eigenvalue weighted by Gasteiger charge is -2.26. The van der Waals surface area contributed by atoms with E-state index in [9.17, 15) is 9.59 Å². The molecule has 0 spiro atoms. The molecule has 0 unspecified atom stereocenters. The number of urea groups is 1. The van der Waals surface area contributed by atoms with E-state index in [2.05, 4.69) is 5.32 Å². The van der Waals surface area contributed by atoms with E-state index in [0.717, 1.165) is 11.1 Å². The van der Waals surface area contributed by atoms with E-state index in [0.29, 0.717) is 35.1 Å². The van der Waals surface area contributed by atoms with Crippen LogP contribution in [0, 0.1) is 0 Å². The fourth-order valence-electron chi connectivity index (χ4n) is 3.96. The molecule has 2 aromatic carbocycles. The Morgan fingerprint density at radius 1 is 1.00 bits per heavy atom. The Morgan fingerprint density at radius 3 is 2.31 bits per heavy atom. The van der Waals surface area contributed by atoms with E-state index < -0.39 is 6.04 Å². The Balaban J connectivity index is 1.98. The average molecular weight is 499 g/mol. The van der Waals surface area contributed by atoms with Crippen LogP contribution >= 0.6 is 0 Å². The van der Waals surface area contributed by atoms with Gasteiger partial charge in [-0.25, -0.2) is 9.80 Å². The number of ether oxygens (including phenoxy) is 4. The summed E-state index contributed by atoms with van der Waals surface area (Å²) in [6.07, 6.45) is 0.436. The van der Waals surface area contributed by atoms with Crippen molar-refractivity contribution in [2.45, 2.75) is 32.4 Å². The normalized spacial score (nSPS) is 14.8. The molecule has 1 aliphatic heterocycles. The third kappa shape index (κ3) is 5.81. The molecule has 0 saturated carbocycles. The Bertz CT molecular complexity index is 1130. The summed E-state index contributed by atoms with van der Waals surface area (Å²) < 4.78 is 21.7. The van der Waals surface area contributed by atoms with Gasteiger partial charge in [-0.3, -0.25) is 4.79 Å². The van der Waals surface area contributed by atoms with E-state index >= 15 is 0 Å². The standard InChI is InChI=1S/C26H34N4O6/c1-16(2)27-26(32)29(3)15-25(31)30-21(17-8-11-22(34-5)24(12-17)36-7)14-20(28-30)19-10-9-18(33-4)13-23(19)35-6/h8-13,16,21H,14-15H2,1-7H3,(H,27,32)/t21-/m0/s1. The molecule has 1 atom stereocenters. The fourth-order valence-corrected chi connectivity index (χ4v) is 3.96. The minimum absolute atomic E-state index is 0.0477. The monoisotopic (exact) mass is 498 g/mol. The van der Waals surface area contributed by atoms with Crippen LogP contribution in [-0.2, 0) is 4.79 Å². The van der Waals surface area contributed by atoms with E-state index in [1.54, 1.807) is 47.6 Å². The van der Waals surface area contributed by atoms with Crippen LogP contribution in [-0.4, -0.2) is 75.6 Å². The molecule has 10 nitrogen and oxygen atoms in total. The maximum Gasteiger partial charge on any atom is 0.317 e. The first kappa shape index (κ1) is 26.7. The zero-order chi connectivity index (χ0) is 26.4. The van der Waals surface area contributed by atoms with E-state index in [-0.39, 0.29) is 24.5 Å². The van der Waals surface area contributed by atoms with Crippen molar-refractivity contribution in [1.29, 1.82) is 0 Å². The maximum absolute atomic E-state index is 13.4. The first-order chi connectivity index (χ1) is 17.2. The van der Waals surface area contributed by atoms with Crippen molar-refractivity contribution in [3.05, 3.63) is 47.5 Å². The zero-order valence-electron chi connectivity index (χ0n) is 21.8. The number of rotatable bonds is 9. The number of hydrazone groups is 1. The van der Waals surface area contributed by atoms with E-state index in [1.165, 1.54) is 9.91 Å². The van der Waals surface area contributed by atoms with Gasteiger partial charge < -0.3 is 29.2 Å². The predicted molar refractivity (Wildman–Crippen MR) is 136 cm³/mol. The summed E-state index contributed by atoms with van der Waals surface area (Å²) in [5.74, 6) is 2.04. The largest absolute Gasteiger partial charge is 0.497 e. The zero-order valence-corrected chi connectivity index (χ0v) is 21.8. The summed E-state index contributed by atoms with van der Waals surface area (Å²) in [7, 11) is 7.86. The number of nitrogens with zero attached hydrogens (tertiary/aromatic N) is 3. The van der Waals surface area contributed by atoms with Crippen molar-refractivity contribution in [1.82, 2.24) is 15.2 Å². The Hall–Kier alpha value is -3.95. The number of nitrogens with one attached hydrogen (secondary N) is 1. The van der Waals surface area contributed by atoms with Crippen molar-refractivity contribution in [2.75, 3.05) is 42.0 Å². The van der Waals surface area contributed by atoms with Crippen LogP contribution < -0.4 is 24.3 Å². The van der Waals surface area contributed by atoms with Crippen LogP contribution in [0.25, 0.3) is 0 Å². The maximum atomic E-state index is 13.4. The van der Waals surface area contributed by atoms with Crippen molar-refractivity contribution >= 4 is 17.6 Å². The molecule has 1 aliphatic rings. The number of benzene rings is 2. The minimum Gasteiger partial charge on any atom is -0.497 e. The number of hydrogen-bond acceptors (Lipinski definition) is 7. The second kappa shape index (κ2) is 11.7. The number of carbonyl (C=O) groups is 2. The molecule has 0 bridgehead atoms. The second-order valence-corrected chi connectivity index (χ2v) is 8.65. The van der Waals surface area contributed by atoms with Crippen LogP contribution in [0.5, 0.6) is 23.0 Å². The predicted octanol–water partition coefficient (Wildman–Crippen LogP) is 3.45. The highest BCUT2D eigenvalue weighted by molar-refractivity contribution is 6.05. The summed E-state index contributed by atoms with van der Waals surface area (Å²) in [6, 6.07) is 10.2. The van der Waals surface area contributed by atoms with Crippen molar-refractivity contribution in [3.63, 3.8) is 0 Å².